The summed E-state index contributed by atoms with van der Waals surface area (Å²) in [4.78, 5) is 24.7. The number of rotatable bonds is 5. The largest absolute Gasteiger partial charge is 0.480 e. The van der Waals surface area contributed by atoms with Gasteiger partial charge in [-0.2, -0.15) is 4.80 Å². The quantitative estimate of drug-likeness (QED) is 0.846. The maximum atomic E-state index is 12.1. The van der Waals surface area contributed by atoms with E-state index in [1.165, 1.54) is 4.80 Å². The van der Waals surface area contributed by atoms with Gasteiger partial charge < -0.3 is 10.4 Å². The average Bonchev–Trinajstić information content (AvgIpc) is 3.18. The fourth-order valence-corrected chi connectivity index (χ4v) is 2.82. The normalized spacial score (nSPS) is 16.2. The Hall–Kier alpha value is -2.77. The van der Waals surface area contributed by atoms with Crippen molar-refractivity contribution in [2.24, 2.45) is 0 Å². The van der Waals surface area contributed by atoms with Gasteiger partial charge in [-0.15, -0.1) is 10.2 Å². The molecule has 1 saturated carbocycles. The van der Waals surface area contributed by atoms with Gasteiger partial charge in [-0.05, 0) is 18.1 Å². The van der Waals surface area contributed by atoms with Crippen molar-refractivity contribution in [2.45, 2.75) is 37.8 Å². The lowest BCUT2D eigenvalue weighted by atomic mass is 9.98. The Labute approximate surface area is 132 Å². The zero-order valence-electron chi connectivity index (χ0n) is 12.5. The second-order valence-electron chi connectivity index (χ2n) is 5.65. The minimum Gasteiger partial charge on any atom is -0.480 e. The van der Waals surface area contributed by atoms with Gasteiger partial charge in [-0.3, -0.25) is 4.79 Å². The van der Waals surface area contributed by atoms with Gasteiger partial charge in [-0.1, -0.05) is 43.2 Å². The summed E-state index contributed by atoms with van der Waals surface area (Å²) in [5.41, 5.74) is -0.350. The number of carboxylic acids is 1. The molecule has 0 atom stereocenters. The fourth-order valence-electron chi connectivity index (χ4n) is 2.82. The standard InChI is InChI=1S/C15H17N5O3/c21-12(16-15(14(22)23)8-4-5-9-15)10-20-18-13(17-19-20)11-6-2-1-3-7-11/h1-3,6-7H,4-5,8-10H2,(H,16,21)(H,22,23). The Morgan fingerprint density at radius 2 is 1.91 bits per heavy atom. The van der Waals surface area contributed by atoms with E-state index in [1.807, 2.05) is 30.3 Å². The number of carbonyl (C=O) groups excluding carboxylic acids is 1. The summed E-state index contributed by atoms with van der Waals surface area (Å²) < 4.78 is 0. The number of aliphatic carboxylic acids is 1. The zero-order chi connectivity index (χ0) is 16.3. The monoisotopic (exact) mass is 315 g/mol. The Kier molecular flexibility index (Phi) is 4.05. The van der Waals surface area contributed by atoms with Gasteiger partial charge in [0.05, 0.1) is 0 Å². The molecule has 0 aliphatic heterocycles. The van der Waals surface area contributed by atoms with E-state index < -0.39 is 17.4 Å². The van der Waals surface area contributed by atoms with E-state index in [2.05, 4.69) is 20.7 Å². The van der Waals surface area contributed by atoms with E-state index in [9.17, 15) is 14.7 Å². The Bertz CT molecular complexity index is 707. The van der Waals surface area contributed by atoms with Gasteiger partial charge in [-0.25, -0.2) is 4.79 Å². The summed E-state index contributed by atoms with van der Waals surface area (Å²) in [6.45, 7) is -0.158. The molecule has 1 fully saturated rings. The predicted octanol–water partition coefficient (Wildman–Crippen LogP) is 0.854. The van der Waals surface area contributed by atoms with Gasteiger partial charge in [0.15, 0.2) is 0 Å². The van der Waals surface area contributed by atoms with E-state index in [-0.39, 0.29) is 6.54 Å². The molecule has 2 N–H and O–H groups in total. The van der Waals surface area contributed by atoms with Crippen molar-refractivity contribution >= 4 is 11.9 Å². The summed E-state index contributed by atoms with van der Waals surface area (Å²) in [7, 11) is 0. The SMILES string of the molecule is O=C(Cn1nnc(-c2ccccc2)n1)NC1(C(=O)O)CCCC1. The van der Waals surface area contributed by atoms with Gasteiger partial charge in [0.1, 0.15) is 12.1 Å². The maximum Gasteiger partial charge on any atom is 0.329 e. The molecule has 120 valence electrons. The molecule has 8 heteroatoms. The molecule has 3 rings (SSSR count). The number of amides is 1. The van der Waals surface area contributed by atoms with Crippen LogP contribution >= 0.6 is 0 Å². The molecule has 23 heavy (non-hydrogen) atoms. The molecular formula is C15H17N5O3. The third kappa shape index (κ3) is 3.20. The van der Waals surface area contributed by atoms with Crippen molar-refractivity contribution in [2.75, 3.05) is 0 Å². The molecule has 8 nitrogen and oxygen atoms in total. The summed E-state index contributed by atoms with van der Waals surface area (Å²) in [5, 5.41) is 23.9. The highest BCUT2D eigenvalue weighted by Gasteiger charge is 2.42. The fraction of sp³-hybridized carbons (Fsp3) is 0.400. The minimum absolute atomic E-state index is 0.158. The van der Waals surface area contributed by atoms with E-state index in [0.29, 0.717) is 18.7 Å². The van der Waals surface area contributed by atoms with Gasteiger partial charge >= 0.3 is 5.97 Å². The molecule has 1 heterocycles. The number of tetrazole rings is 1. The number of aromatic nitrogens is 4. The Morgan fingerprint density at radius 1 is 1.22 bits per heavy atom. The van der Waals surface area contributed by atoms with Gasteiger partial charge in [0, 0.05) is 5.56 Å². The van der Waals surface area contributed by atoms with Crippen molar-refractivity contribution in [3.8, 4) is 11.4 Å². The van der Waals surface area contributed by atoms with Crippen molar-refractivity contribution in [1.29, 1.82) is 0 Å². The second kappa shape index (κ2) is 6.15. The van der Waals surface area contributed by atoms with Crippen molar-refractivity contribution in [1.82, 2.24) is 25.5 Å². The smallest absolute Gasteiger partial charge is 0.329 e. The average molecular weight is 315 g/mol. The van der Waals surface area contributed by atoms with Crippen LogP contribution in [0, 0.1) is 0 Å². The highest BCUT2D eigenvalue weighted by Crippen LogP contribution is 2.29. The molecule has 1 amide bonds. The molecular weight excluding hydrogens is 298 g/mol. The number of carboxylic acid groups (broad SMARTS) is 1. The lowest BCUT2D eigenvalue weighted by molar-refractivity contribution is -0.147. The predicted molar refractivity (Wildman–Crippen MR) is 80.2 cm³/mol. The number of carbonyl (C=O) groups is 2. The van der Waals surface area contributed by atoms with E-state index >= 15 is 0 Å². The highest BCUT2D eigenvalue weighted by molar-refractivity contribution is 5.87. The lowest BCUT2D eigenvalue weighted by Crippen LogP contribution is -2.53. The molecule has 1 aromatic heterocycles. The van der Waals surface area contributed by atoms with Crippen LogP contribution in [0.4, 0.5) is 0 Å². The van der Waals surface area contributed by atoms with E-state index in [4.69, 9.17) is 0 Å². The van der Waals surface area contributed by atoms with Crippen LogP contribution in [0.1, 0.15) is 25.7 Å². The number of nitrogens with one attached hydrogen (secondary N) is 1. The topological polar surface area (TPSA) is 110 Å². The molecule has 1 aliphatic carbocycles. The number of nitrogens with zero attached hydrogens (tertiary/aromatic N) is 4. The van der Waals surface area contributed by atoms with Crippen molar-refractivity contribution in [3.63, 3.8) is 0 Å². The van der Waals surface area contributed by atoms with Gasteiger partial charge in [0.2, 0.25) is 11.7 Å². The Morgan fingerprint density at radius 3 is 2.57 bits per heavy atom. The van der Waals surface area contributed by atoms with Crippen LogP contribution in [0.3, 0.4) is 0 Å². The van der Waals surface area contributed by atoms with E-state index in [0.717, 1.165) is 18.4 Å². The summed E-state index contributed by atoms with van der Waals surface area (Å²) in [6, 6.07) is 9.30. The molecule has 2 aromatic rings. The van der Waals surface area contributed by atoms with Crippen LogP contribution in [-0.4, -0.2) is 42.7 Å². The number of hydrogen-bond donors (Lipinski definition) is 2. The third-order valence-electron chi connectivity index (χ3n) is 4.02. The number of hydrogen-bond acceptors (Lipinski definition) is 5. The summed E-state index contributed by atoms with van der Waals surface area (Å²) in [5.74, 6) is -0.988. The summed E-state index contributed by atoms with van der Waals surface area (Å²) in [6.07, 6.45) is 2.50. The third-order valence-corrected chi connectivity index (χ3v) is 4.02. The molecule has 1 aliphatic rings. The molecule has 0 saturated heterocycles. The van der Waals surface area contributed by atoms with Crippen LogP contribution in [-0.2, 0) is 16.1 Å². The highest BCUT2D eigenvalue weighted by atomic mass is 16.4. The molecule has 0 unspecified atom stereocenters. The first-order valence-corrected chi connectivity index (χ1v) is 7.47. The zero-order valence-corrected chi connectivity index (χ0v) is 12.5. The minimum atomic E-state index is -1.15. The van der Waals surface area contributed by atoms with Crippen LogP contribution in [0.5, 0.6) is 0 Å². The first-order valence-electron chi connectivity index (χ1n) is 7.47. The Balaban J connectivity index is 1.67. The molecule has 0 bridgehead atoms. The molecule has 0 spiro atoms. The van der Waals surface area contributed by atoms with Crippen molar-refractivity contribution in [3.05, 3.63) is 30.3 Å². The summed E-state index contributed by atoms with van der Waals surface area (Å²) >= 11 is 0. The van der Waals surface area contributed by atoms with Crippen LogP contribution in [0.15, 0.2) is 30.3 Å². The maximum absolute atomic E-state index is 12.1. The van der Waals surface area contributed by atoms with Crippen LogP contribution in [0.2, 0.25) is 0 Å². The van der Waals surface area contributed by atoms with Gasteiger partial charge in [0.25, 0.3) is 0 Å². The molecule has 1 aromatic carbocycles. The van der Waals surface area contributed by atoms with Crippen LogP contribution < -0.4 is 5.32 Å². The first kappa shape index (κ1) is 15.1. The second-order valence-corrected chi connectivity index (χ2v) is 5.65. The number of benzene rings is 1. The van der Waals surface area contributed by atoms with E-state index in [1.54, 1.807) is 0 Å². The molecule has 0 radical (unpaired) electrons. The van der Waals surface area contributed by atoms with Crippen LogP contribution in [0.25, 0.3) is 11.4 Å². The van der Waals surface area contributed by atoms with Crippen molar-refractivity contribution < 1.29 is 14.7 Å². The first-order chi connectivity index (χ1) is 11.1. The lowest BCUT2D eigenvalue weighted by Gasteiger charge is -2.25.